The van der Waals surface area contributed by atoms with Crippen LogP contribution in [0, 0.1) is 23.6 Å². The quantitative estimate of drug-likeness (QED) is 0.814. The van der Waals surface area contributed by atoms with Crippen molar-refractivity contribution >= 4 is 17.7 Å². The van der Waals surface area contributed by atoms with Crippen molar-refractivity contribution in [3.8, 4) is 0 Å². The second-order valence-electron chi connectivity index (χ2n) is 7.07. The lowest BCUT2D eigenvalue weighted by Crippen LogP contribution is -2.26. The minimum Gasteiger partial charge on any atom is -0.371 e. The highest BCUT2D eigenvalue weighted by Gasteiger charge is 2.54. The van der Waals surface area contributed by atoms with E-state index in [0.717, 1.165) is 30.8 Å². The van der Waals surface area contributed by atoms with Crippen LogP contribution in [-0.2, 0) is 4.79 Å². The van der Waals surface area contributed by atoms with Gasteiger partial charge in [0, 0.05) is 43.8 Å². The van der Waals surface area contributed by atoms with Gasteiger partial charge in [-0.3, -0.25) is 9.78 Å². The predicted octanol–water partition coefficient (Wildman–Crippen LogP) is 3.12. The maximum atomic E-state index is 13.0. The first-order valence-corrected chi connectivity index (χ1v) is 9.07. The largest absolute Gasteiger partial charge is 0.371 e. The first kappa shape index (κ1) is 16.8. The summed E-state index contributed by atoms with van der Waals surface area (Å²) in [5, 5.41) is 2.96. The number of nitrogens with one attached hydrogen (secondary N) is 1. The molecule has 0 bridgehead atoms. The standard InChI is InChI=1S/C21H22FN3O/c22-16-4-6-17(7-5-16)25-13-19-18(20(19)14-25)9-11-24-21(26)8-3-15-2-1-10-23-12-15/h1-8,10,12,18-20H,9,11,13-14H2,(H,24,26)/b8-3+. The molecular weight excluding hydrogens is 329 g/mol. The van der Waals surface area contributed by atoms with Crippen molar-refractivity contribution in [2.45, 2.75) is 6.42 Å². The Bertz CT molecular complexity index is 779. The topological polar surface area (TPSA) is 45.2 Å². The Morgan fingerprint density at radius 2 is 2.00 bits per heavy atom. The van der Waals surface area contributed by atoms with Crippen molar-refractivity contribution in [3.05, 3.63) is 66.2 Å². The van der Waals surface area contributed by atoms with Crippen LogP contribution in [0.25, 0.3) is 6.08 Å². The van der Waals surface area contributed by atoms with Gasteiger partial charge in [-0.25, -0.2) is 4.39 Å². The minimum absolute atomic E-state index is 0.0624. The molecule has 4 rings (SSSR count). The summed E-state index contributed by atoms with van der Waals surface area (Å²) in [6.07, 6.45) is 7.79. The van der Waals surface area contributed by atoms with Gasteiger partial charge < -0.3 is 10.2 Å². The number of rotatable bonds is 6. The minimum atomic E-state index is -0.190. The Morgan fingerprint density at radius 1 is 1.23 bits per heavy atom. The summed E-state index contributed by atoms with van der Waals surface area (Å²) in [7, 11) is 0. The number of piperidine rings is 1. The number of carbonyl (C=O) groups excluding carboxylic acids is 1. The predicted molar refractivity (Wildman–Crippen MR) is 100.0 cm³/mol. The number of hydrogen-bond acceptors (Lipinski definition) is 3. The monoisotopic (exact) mass is 351 g/mol. The first-order chi connectivity index (χ1) is 12.7. The normalized spacial score (nSPS) is 23.9. The molecule has 5 heteroatoms. The van der Waals surface area contributed by atoms with Crippen LogP contribution in [0.15, 0.2) is 54.9 Å². The summed E-state index contributed by atoms with van der Waals surface area (Å²) < 4.78 is 13.0. The fourth-order valence-electron chi connectivity index (χ4n) is 4.01. The Balaban J connectivity index is 1.17. The lowest BCUT2D eigenvalue weighted by Gasteiger charge is -2.22. The third-order valence-corrected chi connectivity index (χ3v) is 5.45. The molecule has 1 aromatic carbocycles. The van der Waals surface area contributed by atoms with Gasteiger partial charge in [0.2, 0.25) is 5.91 Å². The number of benzene rings is 1. The summed E-state index contributed by atoms with van der Waals surface area (Å²) in [5.74, 6) is 1.87. The van der Waals surface area contributed by atoms with Crippen LogP contribution >= 0.6 is 0 Å². The Labute approximate surface area is 152 Å². The highest BCUT2D eigenvalue weighted by molar-refractivity contribution is 5.91. The van der Waals surface area contributed by atoms with Crippen molar-refractivity contribution in [1.29, 1.82) is 0 Å². The van der Waals surface area contributed by atoms with Gasteiger partial charge in [0.05, 0.1) is 0 Å². The molecule has 2 unspecified atom stereocenters. The first-order valence-electron chi connectivity index (χ1n) is 9.07. The van der Waals surface area contributed by atoms with Crippen LogP contribution in [-0.4, -0.2) is 30.5 Å². The summed E-state index contributed by atoms with van der Waals surface area (Å²) in [6, 6.07) is 10.5. The van der Waals surface area contributed by atoms with Gasteiger partial charge in [-0.15, -0.1) is 0 Å². The molecule has 1 aliphatic carbocycles. The van der Waals surface area contributed by atoms with Crippen LogP contribution in [0.1, 0.15) is 12.0 Å². The number of aromatic nitrogens is 1. The number of halogens is 1. The van der Waals surface area contributed by atoms with Gasteiger partial charge in [0.25, 0.3) is 0 Å². The Kier molecular flexibility index (Phi) is 4.69. The van der Waals surface area contributed by atoms with Gasteiger partial charge in [0.1, 0.15) is 5.82 Å². The number of carbonyl (C=O) groups is 1. The fraction of sp³-hybridized carbons (Fsp3) is 0.333. The molecule has 2 heterocycles. The lowest BCUT2D eigenvalue weighted by atomic mass is 10.2. The summed E-state index contributed by atoms with van der Waals surface area (Å²) in [6.45, 7) is 2.79. The smallest absolute Gasteiger partial charge is 0.244 e. The number of amides is 1. The van der Waals surface area contributed by atoms with Gasteiger partial charge in [-0.05, 0) is 66.1 Å². The van der Waals surface area contributed by atoms with Crippen molar-refractivity contribution < 1.29 is 9.18 Å². The number of hydrogen-bond donors (Lipinski definition) is 1. The van der Waals surface area contributed by atoms with E-state index < -0.39 is 0 Å². The Hall–Kier alpha value is -2.69. The molecule has 1 saturated heterocycles. The number of nitrogens with zero attached hydrogens (tertiary/aromatic N) is 2. The van der Waals surface area contributed by atoms with E-state index in [1.54, 1.807) is 24.5 Å². The molecule has 134 valence electrons. The average Bonchev–Trinajstić information content (AvgIpc) is 3.11. The van der Waals surface area contributed by atoms with E-state index in [2.05, 4.69) is 15.2 Å². The second-order valence-corrected chi connectivity index (χ2v) is 7.07. The number of fused-ring (bicyclic) bond motifs is 1. The van der Waals surface area contributed by atoms with E-state index in [9.17, 15) is 9.18 Å². The molecule has 1 saturated carbocycles. The van der Waals surface area contributed by atoms with Crippen LogP contribution in [0.2, 0.25) is 0 Å². The summed E-state index contributed by atoms with van der Waals surface area (Å²) in [5.41, 5.74) is 2.02. The molecule has 1 amide bonds. The molecule has 2 aromatic rings. The molecule has 26 heavy (non-hydrogen) atoms. The highest BCUT2D eigenvalue weighted by Crippen LogP contribution is 2.54. The summed E-state index contributed by atoms with van der Waals surface area (Å²) in [4.78, 5) is 18.2. The molecule has 1 aromatic heterocycles. The zero-order valence-corrected chi connectivity index (χ0v) is 14.5. The van der Waals surface area contributed by atoms with Crippen molar-refractivity contribution in [1.82, 2.24) is 10.3 Å². The van der Waals surface area contributed by atoms with Crippen molar-refractivity contribution in [2.24, 2.45) is 17.8 Å². The second kappa shape index (κ2) is 7.28. The molecule has 2 aliphatic rings. The maximum absolute atomic E-state index is 13.0. The zero-order valence-electron chi connectivity index (χ0n) is 14.5. The highest BCUT2D eigenvalue weighted by atomic mass is 19.1. The summed E-state index contributed by atoms with van der Waals surface area (Å²) >= 11 is 0. The molecule has 0 spiro atoms. The lowest BCUT2D eigenvalue weighted by molar-refractivity contribution is -0.116. The van der Waals surface area contributed by atoms with E-state index in [-0.39, 0.29) is 11.7 Å². The van der Waals surface area contributed by atoms with Crippen LogP contribution in [0.3, 0.4) is 0 Å². The van der Waals surface area contributed by atoms with E-state index in [4.69, 9.17) is 0 Å². The van der Waals surface area contributed by atoms with E-state index >= 15 is 0 Å². The van der Waals surface area contributed by atoms with Gasteiger partial charge >= 0.3 is 0 Å². The third-order valence-electron chi connectivity index (χ3n) is 5.45. The maximum Gasteiger partial charge on any atom is 0.244 e. The molecule has 2 fully saturated rings. The molecule has 1 aliphatic heterocycles. The van der Waals surface area contributed by atoms with E-state index in [0.29, 0.717) is 24.3 Å². The molecular formula is C21H22FN3O. The van der Waals surface area contributed by atoms with Gasteiger partial charge in [0.15, 0.2) is 0 Å². The van der Waals surface area contributed by atoms with Crippen molar-refractivity contribution in [2.75, 3.05) is 24.5 Å². The Morgan fingerprint density at radius 3 is 2.69 bits per heavy atom. The molecule has 1 N–H and O–H groups in total. The SMILES string of the molecule is O=C(/C=C/c1cccnc1)NCCC1C2CN(c3ccc(F)cc3)CC12. The van der Waals surface area contributed by atoms with Crippen molar-refractivity contribution in [3.63, 3.8) is 0 Å². The molecule has 2 atom stereocenters. The molecule has 0 radical (unpaired) electrons. The van der Waals surface area contributed by atoms with Gasteiger partial charge in [-0.1, -0.05) is 6.07 Å². The van der Waals surface area contributed by atoms with E-state index in [1.807, 2.05) is 24.3 Å². The average molecular weight is 351 g/mol. The number of anilines is 1. The van der Waals surface area contributed by atoms with Gasteiger partial charge in [-0.2, -0.15) is 0 Å². The van der Waals surface area contributed by atoms with E-state index in [1.165, 1.54) is 12.1 Å². The van der Waals surface area contributed by atoms with Crippen LogP contribution < -0.4 is 10.2 Å². The zero-order chi connectivity index (χ0) is 17.9. The van der Waals surface area contributed by atoms with Crippen LogP contribution in [0.5, 0.6) is 0 Å². The van der Waals surface area contributed by atoms with Crippen LogP contribution in [0.4, 0.5) is 10.1 Å². The number of pyridine rings is 1. The molecule has 4 nitrogen and oxygen atoms in total. The third kappa shape index (κ3) is 3.77. The fourth-order valence-corrected chi connectivity index (χ4v) is 4.01.